The zero-order valence-corrected chi connectivity index (χ0v) is 50.7. The van der Waals surface area contributed by atoms with Gasteiger partial charge in [-0.2, -0.15) is 0 Å². The van der Waals surface area contributed by atoms with Crippen molar-refractivity contribution in [2.75, 3.05) is 0 Å². The minimum atomic E-state index is 1.10. The number of hydrogen-bond acceptors (Lipinski definition) is 1. The van der Waals surface area contributed by atoms with Crippen molar-refractivity contribution in [3.8, 4) is 33.4 Å². The van der Waals surface area contributed by atoms with E-state index in [2.05, 4.69) is 326 Å². The Kier molecular flexibility index (Phi) is 21.4. The molecule has 0 unspecified atom stereocenters. The molecule has 0 saturated heterocycles. The lowest BCUT2D eigenvalue weighted by molar-refractivity contribution is 1.56. The number of thiophene rings is 1. The van der Waals surface area contributed by atoms with Gasteiger partial charge in [-0.1, -0.05) is 302 Å². The number of fused-ring (bicyclic) bond motifs is 5. The van der Waals surface area contributed by atoms with Gasteiger partial charge in [0, 0.05) is 47.0 Å². The molecule has 0 bridgehead atoms. The van der Waals surface area contributed by atoms with Crippen LogP contribution < -0.4 is 0 Å². The van der Waals surface area contributed by atoms with Crippen molar-refractivity contribution in [1.82, 2.24) is 0 Å². The Hall–Kier alpha value is -5.74. The fraction of sp³-hybridized carbons (Fsp3) is 0. The molecule has 0 atom stereocenters. The second-order valence-electron chi connectivity index (χ2n) is 16.8. The maximum atomic E-state index is 3.61. The van der Waals surface area contributed by atoms with Crippen molar-refractivity contribution in [3.63, 3.8) is 0 Å². The van der Waals surface area contributed by atoms with Gasteiger partial charge in [0.2, 0.25) is 0 Å². The first-order valence-corrected chi connectivity index (χ1v) is 29.5. The lowest BCUT2D eigenvalue weighted by Gasteiger charge is -2.07. The van der Waals surface area contributed by atoms with Gasteiger partial charge in [0.1, 0.15) is 0 Å². The zero-order valence-electron chi connectivity index (χ0n) is 40.4. The summed E-state index contributed by atoms with van der Waals surface area (Å²) in [6.45, 7) is 0. The molecule has 7 heteroatoms. The standard InChI is InChI=1S/C18H13Br.C12H7BrS.C12H9Br.2C10H7Br.C6H5Br/c19-18-12-16(14-7-3-1-4-8-14)11-17(13-18)15-9-5-2-6-10-15;13-8-5-6-12-10(7-8)9-3-1-2-4-11(9)14-12;13-12-8-6-11(7-9-12)10-4-2-1-3-5-10;11-10-7-3-5-8-4-1-2-6-9(8)10;11-10-6-5-8-3-1-2-4-9(8)7-10;7-6-4-2-1-3-5-6/h1-13H;1-7H;1-9H;2*1-7H;1-5H. The number of halogens is 6. The fourth-order valence-corrected chi connectivity index (χ4v) is 11.3. The van der Waals surface area contributed by atoms with E-state index < -0.39 is 0 Å². The molecular weight excluding hydrogens is 1330 g/mol. The predicted molar refractivity (Wildman–Crippen MR) is 349 cm³/mol. The van der Waals surface area contributed by atoms with Crippen LogP contribution in [-0.2, 0) is 0 Å². The smallest absolute Gasteiger partial charge is 0.0356 e. The van der Waals surface area contributed by atoms with Crippen LogP contribution in [0.15, 0.2) is 318 Å². The highest BCUT2D eigenvalue weighted by Gasteiger charge is 2.05. The first-order chi connectivity index (χ1) is 36.7. The highest BCUT2D eigenvalue weighted by Crippen LogP contribution is 2.35. The molecule has 12 aromatic carbocycles. The average Bonchev–Trinajstić information content (AvgIpc) is 3.83. The maximum absolute atomic E-state index is 3.61. The number of benzene rings is 12. The Balaban J connectivity index is 0.000000122. The predicted octanol–water partition coefficient (Wildman–Crippen LogP) is 24.4. The van der Waals surface area contributed by atoms with E-state index in [1.165, 1.54) is 75.1 Å². The highest BCUT2D eigenvalue weighted by molar-refractivity contribution is 9.11. The Morgan fingerprint density at radius 1 is 0.200 bits per heavy atom. The summed E-state index contributed by atoms with van der Waals surface area (Å²) in [5.74, 6) is 0. The summed E-state index contributed by atoms with van der Waals surface area (Å²) < 4.78 is 9.52. The number of hydrogen-bond donors (Lipinski definition) is 0. The van der Waals surface area contributed by atoms with Gasteiger partial charge in [-0.3, -0.25) is 0 Å². The SMILES string of the molecule is Brc1cc(-c2ccccc2)cc(-c2ccccc2)c1.Brc1ccc(-c2ccccc2)cc1.Brc1ccc2ccccc2c1.Brc1ccc2sc3ccccc3c2c1.Brc1cccc2ccccc12.Brc1ccccc1. The zero-order chi connectivity index (χ0) is 52.2. The van der Waals surface area contributed by atoms with E-state index in [1.54, 1.807) is 0 Å². The minimum Gasteiger partial charge on any atom is -0.135 e. The molecule has 13 rings (SSSR count). The van der Waals surface area contributed by atoms with Crippen LogP contribution >= 0.6 is 107 Å². The summed E-state index contributed by atoms with van der Waals surface area (Å²) in [7, 11) is 0. The van der Waals surface area contributed by atoms with Crippen molar-refractivity contribution in [2.45, 2.75) is 0 Å². The normalized spacial score (nSPS) is 10.3. The van der Waals surface area contributed by atoms with E-state index in [0.717, 1.165) is 26.8 Å². The molecule has 1 heterocycles. The summed E-state index contributed by atoms with van der Waals surface area (Å²) in [6, 6.07) is 100. The fourth-order valence-electron chi connectivity index (χ4n) is 7.92. The quantitative estimate of drug-likeness (QED) is 0.165. The maximum Gasteiger partial charge on any atom is 0.0356 e. The molecule has 0 saturated carbocycles. The van der Waals surface area contributed by atoms with Crippen LogP contribution in [-0.4, -0.2) is 0 Å². The third-order valence-electron chi connectivity index (χ3n) is 11.6. The van der Waals surface area contributed by atoms with Gasteiger partial charge >= 0.3 is 0 Å². The molecule has 0 amide bonds. The van der Waals surface area contributed by atoms with E-state index in [1.807, 2.05) is 72.0 Å². The van der Waals surface area contributed by atoms with Gasteiger partial charge in [-0.25, -0.2) is 0 Å². The minimum absolute atomic E-state index is 1.10. The van der Waals surface area contributed by atoms with Crippen molar-refractivity contribution < 1.29 is 0 Å². The summed E-state index contributed by atoms with van der Waals surface area (Å²) in [5, 5.41) is 7.82. The summed E-state index contributed by atoms with van der Waals surface area (Å²) >= 11 is 22.6. The van der Waals surface area contributed by atoms with Crippen molar-refractivity contribution in [3.05, 3.63) is 318 Å². The molecule has 0 fully saturated rings. The van der Waals surface area contributed by atoms with Crippen molar-refractivity contribution >= 4 is 149 Å². The summed E-state index contributed by atoms with van der Waals surface area (Å²) in [6.07, 6.45) is 0. The highest BCUT2D eigenvalue weighted by atomic mass is 79.9. The monoisotopic (exact) mass is 1370 g/mol. The van der Waals surface area contributed by atoms with Crippen LogP contribution in [0.4, 0.5) is 0 Å². The van der Waals surface area contributed by atoms with Gasteiger partial charge in [-0.15, -0.1) is 11.3 Å². The molecule has 75 heavy (non-hydrogen) atoms. The molecular formula is C68H48Br6S. The second kappa shape index (κ2) is 29.0. The summed E-state index contributed by atoms with van der Waals surface area (Å²) in [5.41, 5.74) is 7.45. The van der Waals surface area contributed by atoms with Crippen LogP contribution in [0.25, 0.3) is 75.1 Å². The molecule has 368 valence electrons. The molecule has 13 aromatic rings. The third-order valence-corrected chi connectivity index (χ3v) is 15.9. The Bertz CT molecular complexity index is 3760. The van der Waals surface area contributed by atoms with Crippen LogP contribution in [0.2, 0.25) is 0 Å². The molecule has 0 aliphatic heterocycles. The van der Waals surface area contributed by atoms with Crippen LogP contribution in [0.5, 0.6) is 0 Å². The second-order valence-corrected chi connectivity index (χ2v) is 23.3. The average molecular weight is 1380 g/mol. The van der Waals surface area contributed by atoms with Crippen molar-refractivity contribution in [1.29, 1.82) is 0 Å². The molecule has 0 radical (unpaired) electrons. The molecule has 0 aliphatic rings. The van der Waals surface area contributed by atoms with Crippen LogP contribution in [0.1, 0.15) is 0 Å². The summed E-state index contributed by atoms with van der Waals surface area (Å²) in [4.78, 5) is 0. The molecule has 0 aliphatic carbocycles. The molecule has 0 spiro atoms. The first kappa shape index (κ1) is 55.5. The van der Waals surface area contributed by atoms with Crippen molar-refractivity contribution in [2.24, 2.45) is 0 Å². The number of rotatable bonds is 3. The third kappa shape index (κ3) is 16.9. The molecule has 1 aromatic heterocycles. The lowest BCUT2D eigenvalue weighted by atomic mass is 9.99. The van der Waals surface area contributed by atoms with E-state index in [-0.39, 0.29) is 0 Å². The van der Waals surface area contributed by atoms with Crippen LogP contribution in [0, 0.1) is 0 Å². The Labute approximate surface area is 494 Å². The Morgan fingerprint density at radius 2 is 0.613 bits per heavy atom. The van der Waals surface area contributed by atoms with E-state index >= 15 is 0 Å². The van der Waals surface area contributed by atoms with E-state index in [0.29, 0.717) is 0 Å². The van der Waals surface area contributed by atoms with Crippen LogP contribution in [0.3, 0.4) is 0 Å². The van der Waals surface area contributed by atoms with Gasteiger partial charge < -0.3 is 0 Å². The Morgan fingerprint density at radius 3 is 1.19 bits per heavy atom. The van der Waals surface area contributed by atoms with E-state index in [9.17, 15) is 0 Å². The van der Waals surface area contributed by atoms with Gasteiger partial charge in [0.05, 0.1) is 0 Å². The molecule has 0 nitrogen and oxygen atoms in total. The molecule has 0 N–H and O–H groups in total. The first-order valence-electron chi connectivity index (χ1n) is 23.9. The largest absolute Gasteiger partial charge is 0.135 e. The topological polar surface area (TPSA) is 0 Å². The van der Waals surface area contributed by atoms with Gasteiger partial charge in [-0.05, 0) is 140 Å². The lowest BCUT2D eigenvalue weighted by Crippen LogP contribution is -1.82. The van der Waals surface area contributed by atoms with E-state index in [4.69, 9.17) is 0 Å². The van der Waals surface area contributed by atoms with Gasteiger partial charge in [0.25, 0.3) is 0 Å². The van der Waals surface area contributed by atoms with Gasteiger partial charge in [0.15, 0.2) is 0 Å².